The third kappa shape index (κ3) is 1.39. The Morgan fingerprint density at radius 3 is 2.92 bits per heavy atom. The van der Waals surface area contributed by atoms with Crippen LogP contribution in [-0.2, 0) is 0 Å². The highest BCUT2D eigenvalue weighted by molar-refractivity contribution is 5.15. The van der Waals surface area contributed by atoms with Gasteiger partial charge in [-0.3, -0.25) is 5.10 Å². The summed E-state index contributed by atoms with van der Waals surface area (Å²) in [5.41, 5.74) is 0. The van der Waals surface area contributed by atoms with Gasteiger partial charge in [-0.1, -0.05) is 16.4 Å². The maximum Gasteiger partial charge on any atom is 0.260 e. The van der Waals surface area contributed by atoms with E-state index in [2.05, 4.69) is 20.4 Å². The van der Waals surface area contributed by atoms with Gasteiger partial charge in [0, 0.05) is 12.3 Å². The lowest BCUT2D eigenvalue weighted by atomic mass is 10.5. The summed E-state index contributed by atoms with van der Waals surface area (Å²) in [6.45, 7) is 0. The van der Waals surface area contributed by atoms with Gasteiger partial charge in [-0.15, -0.1) is 0 Å². The highest BCUT2D eigenvalue weighted by Gasteiger charge is 1.97. The van der Waals surface area contributed by atoms with Crippen molar-refractivity contribution in [2.75, 3.05) is 0 Å². The highest BCUT2D eigenvalue weighted by atomic mass is 16.5. The van der Waals surface area contributed by atoms with Gasteiger partial charge in [0.1, 0.15) is 0 Å². The lowest BCUT2D eigenvalue weighted by Crippen LogP contribution is -1.86. The molecule has 0 bridgehead atoms. The zero-order chi connectivity index (χ0) is 8.23. The summed E-state index contributed by atoms with van der Waals surface area (Å²) >= 11 is 0. The molecule has 2 aromatic heterocycles. The average Bonchev–Trinajstić information content (AvgIpc) is 2.59. The van der Waals surface area contributed by atoms with Gasteiger partial charge >= 0.3 is 0 Å². The topological polar surface area (TPSA) is 63.7 Å². The molecule has 1 N–H and O–H groups in total. The van der Waals surface area contributed by atoms with Gasteiger partial charge in [-0.25, -0.2) is 4.98 Å². The van der Waals surface area contributed by atoms with Crippen molar-refractivity contribution in [3.05, 3.63) is 30.6 Å². The van der Waals surface area contributed by atoms with E-state index in [1.807, 2.05) is 12.1 Å². The Bertz CT molecular complexity index is 332. The van der Waals surface area contributed by atoms with Crippen LogP contribution in [0.2, 0.25) is 0 Å². The third-order valence-corrected chi connectivity index (χ3v) is 1.24. The number of rotatable bonds is 2. The van der Waals surface area contributed by atoms with Gasteiger partial charge in [0.05, 0.1) is 6.20 Å². The Labute approximate surface area is 68.4 Å². The van der Waals surface area contributed by atoms with Gasteiger partial charge < -0.3 is 4.74 Å². The van der Waals surface area contributed by atoms with E-state index < -0.39 is 0 Å². The Balaban J connectivity index is 2.15. The monoisotopic (exact) mass is 162 g/mol. The van der Waals surface area contributed by atoms with Crippen LogP contribution in [0.15, 0.2) is 30.6 Å². The zero-order valence-corrected chi connectivity index (χ0v) is 6.14. The second kappa shape index (κ2) is 3.00. The molecule has 0 fully saturated rings. The molecular weight excluding hydrogens is 156 g/mol. The fraction of sp³-hybridized carbons (Fsp3) is 0. The van der Waals surface area contributed by atoms with E-state index in [0.717, 1.165) is 0 Å². The molecule has 60 valence electrons. The fourth-order valence-electron chi connectivity index (χ4n) is 0.756. The van der Waals surface area contributed by atoms with Gasteiger partial charge in [-0.2, -0.15) is 0 Å². The molecule has 0 spiro atoms. The van der Waals surface area contributed by atoms with E-state index in [1.165, 1.54) is 0 Å². The molecule has 2 heterocycles. The van der Waals surface area contributed by atoms with Crippen LogP contribution in [0.5, 0.6) is 11.8 Å². The van der Waals surface area contributed by atoms with E-state index in [-0.39, 0.29) is 0 Å². The van der Waals surface area contributed by atoms with Crippen LogP contribution >= 0.6 is 0 Å². The van der Waals surface area contributed by atoms with Crippen molar-refractivity contribution < 1.29 is 4.74 Å². The molecule has 0 unspecified atom stereocenters. The molecule has 5 heteroatoms. The Hall–Kier alpha value is -1.91. The molecule has 0 aliphatic rings. The first-order valence-corrected chi connectivity index (χ1v) is 3.40. The molecule has 0 aliphatic heterocycles. The summed E-state index contributed by atoms with van der Waals surface area (Å²) in [5.74, 6) is 0.917. The molecule has 0 radical (unpaired) electrons. The van der Waals surface area contributed by atoms with Gasteiger partial charge in [0.2, 0.25) is 5.88 Å². The molecule has 5 nitrogen and oxygen atoms in total. The quantitative estimate of drug-likeness (QED) is 0.715. The van der Waals surface area contributed by atoms with Crippen molar-refractivity contribution in [1.29, 1.82) is 0 Å². The largest absolute Gasteiger partial charge is 0.417 e. The summed E-state index contributed by atoms with van der Waals surface area (Å²) < 4.78 is 5.20. The fourth-order valence-corrected chi connectivity index (χ4v) is 0.756. The summed E-state index contributed by atoms with van der Waals surface area (Å²) in [5, 5.41) is 9.67. The SMILES string of the molecule is c1ccc(Oc2c[nH]nn2)nc1. The van der Waals surface area contributed by atoms with Gasteiger partial charge in [-0.05, 0) is 6.07 Å². The number of ether oxygens (including phenoxy) is 1. The summed E-state index contributed by atoms with van der Waals surface area (Å²) in [6, 6.07) is 5.40. The number of aromatic amines is 1. The van der Waals surface area contributed by atoms with Gasteiger partial charge in [0.25, 0.3) is 5.88 Å². The van der Waals surface area contributed by atoms with Crippen molar-refractivity contribution in [2.45, 2.75) is 0 Å². The maximum absolute atomic E-state index is 5.20. The maximum atomic E-state index is 5.20. The number of hydrogen-bond donors (Lipinski definition) is 1. The zero-order valence-electron chi connectivity index (χ0n) is 6.14. The Kier molecular flexibility index (Phi) is 1.69. The van der Waals surface area contributed by atoms with Crippen molar-refractivity contribution in [3.8, 4) is 11.8 Å². The molecule has 0 saturated heterocycles. The van der Waals surface area contributed by atoms with Crippen LogP contribution in [0.1, 0.15) is 0 Å². The Morgan fingerprint density at radius 2 is 2.25 bits per heavy atom. The van der Waals surface area contributed by atoms with Crippen LogP contribution in [0.3, 0.4) is 0 Å². The minimum atomic E-state index is 0.411. The van der Waals surface area contributed by atoms with Crippen LogP contribution in [-0.4, -0.2) is 20.4 Å². The second-order valence-corrected chi connectivity index (χ2v) is 2.08. The number of hydrogen-bond acceptors (Lipinski definition) is 4. The predicted molar refractivity (Wildman–Crippen MR) is 40.7 cm³/mol. The number of nitrogens with zero attached hydrogens (tertiary/aromatic N) is 3. The van der Waals surface area contributed by atoms with E-state index >= 15 is 0 Å². The molecule has 0 aromatic carbocycles. The van der Waals surface area contributed by atoms with Crippen molar-refractivity contribution in [2.24, 2.45) is 0 Å². The van der Waals surface area contributed by atoms with Crippen LogP contribution < -0.4 is 4.74 Å². The lowest BCUT2D eigenvalue weighted by Gasteiger charge is -1.96. The van der Waals surface area contributed by atoms with Crippen LogP contribution in [0, 0.1) is 0 Å². The third-order valence-electron chi connectivity index (χ3n) is 1.24. The standard InChI is InChI=1S/C7H6N4O/c1-2-4-8-6(3-1)12-7-5-9-11-10-7/h1-5H,(H,9,10,11). The lowest BCUT2D eigenvalue weighted by molar-refractivity contribution is 0.443. The van der Waals surface area contributed by atoms with E-state index in [9.17, 15) is 0 Å². The molecule has 2 aromatic rings. The van der Waals surface area contributed by atoms with Crippen molar-refractivity contribution >= 4 is 0 Å². The molecule has 12 heavy (non-hydrogen) atoms. The molecule has 0 atom stereocenters. The first-order chi connectivity index (χ1) is 5.95. The van der Waals surface area contributed by atoms with Crippen LogP contribution in [0.25, 0.3) is 0 Å². The molecule has 0 aliphatic carbocycles. The summed E-state index contributed by atoms with van der Waals surface area (Å²) in [4.78, 5) is 3.95. The van der Waals surface area contributed by atoms with Crippen molar-refractivity contribution in [3.63, 3.8) is 0 Å². The smallest absolute Gasteiger partial charge is 0.260 e. The summed E-state index contributed by atoms with van der Waals surface area (Å²) in [7, 11) is 0. The van der Waals surface area contributed by atoms with Crippen LogP contribution in [0.4, 0.5) is 0 Å². The first kappa shape index (κ1) is 6.78. The molecule has 2 rings (SSSR count). The number of nitrogens with one attached hydrogen (secondary N) is 1. The van der Waals surface area contributed by atoms with E-state index in [1.54, 1.807) is 18.5 Å². The molecular formula is C7H6N4O. The number of H-pyrrole nitrogens is 1. The van der Waals surface area contributed by atoms with E-state index in [0.29, 0.717) is 11.8 Å². The minimum Gasteiger partial charge on any atom is -0.417 e. The summed E-state index contributed by atoms with van der Waals surface area (Å²) in [6.07, 6.45) is 3.20. The number of aromatic nitrogens is 4. The first-order valence-electron chi connectivity index (χ1n) is 3.40. The molecule has 0 amide bonds. The number of pyridine rings is 1. The normalized spacial score (nSPS) is 9.67. The minimum absolute atomic E-state index is 0.411. The highest BCUT2D eigenvalue weighted by Crippen LogP contribution is 2.12. The predicted octanol–water partition coefficient (Wildman–Crippen LogP) is 0.992. The Morgan fingerprint density at radius 1 is 1.25 bits per heavy atom. The van der Waals surface area contributed by atoms with Gasteiger partial charge in [0.15, 0.2) is 0 Å². The van der Waals surface area contributed by atoms with Crippen molar-refractivity contribution in [1.82, 2.24) is 20.4 Å². The second-order valence-electron chi connectivity index (χ2n) is 2.08. The molecule has 0 saturated carbocycles. The average molecular weight is 162 g/mol. The van der Waals surface area contributed by atoms with E-state index in [4.69, 9.17) is 4.74 Å².